The molecule has 0 atom stereocenters. The second-order valence-electron chi connectivity index (χ2n) is 7.35. The summed E-state index contributed by atoms with van der Waals surface area (Å²) in [5.41, 5.74) is 5.92. The van der Waals surface area contributed by atoms with Gasteiger partial charge in [-0.15, -0.1) is 0 Å². The molecule has 27 heavy (non-hydrogen) atoms. The fourth-order valence-electron chi connectivity index (χ4n) is 3.92. The number of fused-ring (bicyclic) bond motifs is 1. The van der Waals surface area contributed by atoms with Crippen LogP contribution in [0.5, 0.6) is 5.75 Å². The van der Waals surface area contributed by atoms with Crippen molar-refractivity contribution in [3.05, 3.63) is 47.1 Å². The Morgan fingerprint density at radius 2 is 2.00 bits per heavy atom. The standard InChI is InChI=1S/C22H27NO4/c1-4-16-11-14(2)12-19-15(3)20(6-5-18(16)19)27-13-21(24)23-9-7-17(8-10-23)22(25)26/h5-6,11,17H,2,4,7-10,12-13H2,1,3H3,(H,25,26). The predicted octanol–water partition coefficient (Wildman–Crippen LogP) is 3.60. The number of rotatable bonds is 5. The first-order valence-corrected chi connectivity index (χ1v) is 9.55. The molecule has 0 saturated carbocycles. The maximum atomic E-state index is 12.4. The van der Waals surface area contributed by atoms with Crippen molar-refractivity contribution >= 4 is 17.4 Å². The second-order valence-corrected chi connectivity index (χ2v) is 7.35. The lowest BCUT2D eigenvalue weighted by atomic mass is 9.84. The van der Waals surface area contributed by atoms with Gasteiger partial charge in [0.15, 0.2) is 6.61 Å². The SMILES string of the molecule is C=C1C=C(CC)c2ccc(OCC(=O)N3CCC(C(=O)O)CC3)c(C)c2C1. The fourth-order valence-corrected chi connectivity index (χ4v) is 3.92. The van der Waals surface area contributed by atoms with Crippen LogP contribution in [0, 0.1) is 12.8 Å². The van der Waals surface area contributed by atoms with E-state index in [1.54, 1.807) is 4.90 Å². The zero-order valence-corrected chi connectivity index (χ0v) is 16.1. The van der Waals surface area contributed by atoms with Crippen LogP contribution in [0.4, 0.5) is 0 Å². The molecule has 1 fully saturated rings. The number of amides is 1. The first-order chi connectivity index (χ1) is 12.9. The van der Waals surface area contributed by atoms with E-state index in [2.05, 4.69) is 25.6 Å². The Balaban J connectivity index is 1.65. The van der Waals surface area contributed by atoms with Crippen molar-refractivity contribution in [3.8, 4) is 5.75 Å². The van der Waals surface area contributed by atoms with Gasteiger partial charge >= 0.3 is 5.97 Å². The van der Waals surface area contributed by atoms with E-state index in [0.717, 1.165) is 29.7 Å². The Kier molecular flexibility index (Phi) is 5.68. The molecular formula is C22H27NO4. The van der Waals surface area contributed by atoms with E-state index < -0.39 is 5.97 Å². The molecule has 1 aliphatic carbocycles. The molecule has 1 saturated heterocycles. The Labute approximate surface area is 160 Å². The van der Waals surface area contributed by atoms with Crippen LogP contribution in [-0.4, -0.2) is 41.6 Å². The lowest BCUT2D eigenvalue weighted by Crippen LogP contribution is -2.42. The van der Waals surface area contributed by atoms with Crippen LogP contribution in [0.1, 0.15) is 42.9 Å². The molecule has 1 heterocycles. The molecule has 1 N–H and O–H groups in total. The van der Waals surface area contributed by atoms with Gasteiger partial charge in [-0.25, -0.2) is 0 Å². The average Bonchev–Trinajstić information content (AvgIpc) is 2.67. The van der Waals surface area contributed by atoms with Crippen molar-refractivity contribution in [2.24, 2.45) is 5.92 Å². The number of nitrogens with zero attached hydrogens (tertiary/aromatic N) is 1. The van der Waals surface area contributed by atoms with Gasteiger partial charge in [0.2, 0.25) is 0 Å². The van der Waals surface area contributed by atoms with E-state index in [1.165, 1.54) is 16.7 Å². The monoisotopic (exact) mass is 369 g/mol. The minimum absolute atomic E-state index is 0.0191. The summed E-state index contributed by atoms with van der Waals surface area (Å²) in [6, 6.07) is 4.01. The highest BCUT2D eigenvalue weighted by Crippen LogP contribution is 2.36. The zero-order valence-electron chi connectivity index (χ0n) is 16.1. The number of piperidine rings is 1. The lowest BCUT2D eigenvalue weighted by Gasteiger charge is -2.30. The average molecular weight is 369 g/mol. The van der Waals surface area contributed by atoms with Gasteiger partial charge in [-0.3, -0.25) is 9.59 Å². The van der Waals surface area contributed by atoms with Gasteiger partial charge < -0.3 is 14.7 Å². The van der Waals surface area contributed by atoms with Crippen molar-refractivity contribution < 1.29 is 19.4 Å². The van der Waals surface area contributed by atoms with Crippen LogP contribution in [0.25, 0.3) is 5.57 Å². The van der Waals surface area contributed by atoms with Crippen LogP contribution >= 0.6 is 0 Å². The van der Waals surface area contributed by atoms with E-state index in [9.17, 15) is 9.59 Å². The van der Waals surface area contributed by atoms with Gasteiger partial charge in [-0.1, -0.05) is 31.2 Å². The third kappa shape index (κ3) is 4.07. The number of aliphatic carboxylic acids is 1. The molecule has 1 aromatic carbocycles. The number of carboxylic acids is 1. The highest BCUT2D eigenvalue weighted by molar-refractivity contribution is 5.79. The Morgan fingerprint density at radius 1 is 1.30 bits per heavy atom. The van der Waals surface area contributed by atoms with Crippen LogP contribution in [0.15, 0.2) is 30.4 Å². The predicted molar refractivity (Wildman–Crippen MR) is 105 cm³/mol. The second kappa shape index (κ2) is 7.99. The van der Waals surface area contributed by atoms with Gasteiger partial charge in [0.25, 0.3) is 5.91 Å². The summed E-state index contributed by atoms with van der Waals surface area (Å²) in [4.78, 5) is 25.2. The van der Waals surface area contributed by atoms with Gasteiger partial charge in [-0.2, -0.15) is 0 Å². The van der Waals surface area contributed by atoms with Crippen LogP contribution in [0.2, 0.25) is 0 Å². The van der Waals surface area contributed by atoms with Gasteiger partial charge in [0.05, 0.1) is 5.92 Å². The lowest BCUT2D eigenvalue weighted by molar-refractivity contribution is -0.146. The third-order valence-corrected chi connectivity index (χ3v) is 5.61. The summed E-state index contributed by atoms with van der Waals surface area (Å²) in [6.07, 6.45) is 4.93. The molecule has 1 amide bonds. The van der Waals surface area contributed by atoms with Crippen LogP contribution in [0.3, 0.4) is 0 Å². The number of likely N-dealkylation sites (tertiary alicyclic amines) is 1. The number of carbonyl (C=O) groups excluding carboxylic acids is 1. The maximum absolute atomic E-state index is 12.4. The minimum atomic E-state index is -0.773. The third-order valence-electron chi connectivity index (χ3n) is 5.61. The Hall–Kier alpha value is -2.56. The van der Waals surface area contributed by atoms with Crippen molar-refractivity contribution in [1.82, 2.24) is 4.90 Å². The summed E-state index contributed by atoms with van der Waals surface area (Å²) in [7, 11) is 0. The molecule has 0 spiro atoms. The smallest absolute Gasteiger partial charge is 0.306 e. The van der Waals surface area contributed by atoms with Crippen molar-refractivity contribution in [2.45, 2.75) is 39.5 Å². The van der Waals surface area contributed by atoms with E-state index >= 15 is 0 Å². The summed E-state index contributed by atoms with van der Waals surface area (Å²) in [5.74, 6) is -0.473. The number of benzene rings is 1. The minimum Gasteiger partial charge on any atom is -0.483 e. The van der Waals surface area contributed by atoms with Crippen molar-refractivity contribution in [2.75, 3.05) is 19.7 Å². The summed E-state index contributed by atoms with van der Waals surface area (Å²) in [6.45, 7) is 9.22. The molecule has 2 aliphatic rings. The molecule has 1 aromatic rings. The number of hydrogen-bond acceptors (Lipinski definition) is 3. The van der Waals surface area contributed by atoms with Crippen LogP contribution in [-0.2, 0) is 16.0 Å². The Bertz CT molecular complexity index is 801. The highest BCUT2D eigenvalue weighted by Gasteiger charge is 2.27. The van der Waals surface area contributed by atoms with E-state index in [1.807, 2.05) is 13.0 Å². The van der Waals surface area contributed by atoms with E-state index in [-0.39, 0.29) is 18.4 Å². The first-order valence-electron chi connectivity index (χ1n) is 9.55. The molecule has 144 valence electrons. The summed E-state index contributed by atoms with van der Waals surface area (Å²) < 4.78 is 5.84. The zero-order chi connectivity index (χ0) is 19.6. The topological polar surface area (TPSA) is 66.8 Å². The maximum Gasteiger partial charge on any atom is 0.306 e. The molecule has 3 rings (SSSR count). The van der Waals surface area contributed by atoms with E-state index in [0.29, 0.717) is 25.9 Å². The van der Waals surface area contributed by atoms with Crippen molar-refractivity contribution in [1.29, 1.82) is 0 Å². The van der Waals surface area contributed by atoms with E-state index in [4.69, 9.17) is 9.84 Å². The van der Waals surface area contributed by atoms with Crippen LogP contribution < -0.4 is 4.74 Å². The Morgan fingerprint density at radius 3 is 2.63 bits per heavy atom. The summed E-state index contributed by atoms with van der Waals surface area (Å²) in [5, 5.41) is 9.06. The number of allylic oxidation sites excluding steroid dienone is 3. The molecule has 5 heteroatoms. The number of hydrogen-bond donors (Lipinski definition) is 1. The van der Waals surface area contributed by atoms with Gasteiger partial charge in [0, 0.05) is 13.1 Å². The molecular weight excluding hydrogens is 342 g/mol. The number of carboxylic acid groups (broad SMARTS) is 1. The van der Waals surface area contributed by atoms with Gasteiger partial charge in [-0.05, 0) is 60.9 Å². The molecule has 0 radical (unpaired) electrons. The highest BCUT2D eigenvalue weighted by atomic mass is 16.5. The van der Waals surface area contributed by atoms with Gasteiger partial charge in [0.1, 0.15) is 5.75 Å². The number of carbonyl (C=O) groups is 2. The molecule has 0 aromatic heterocycles. The molecule has 5 nitrogen and oxygen atoms in total. The molecule has 0 unspecified atom stereocenters. The van der Waals surface area contributed by atoms with Crippen molar-refractivity contribution in [3.63, 3.8) is 0 Å². The summed E-state index contributed by atoms with van der Waals surface area (Å²) >= 11 is 0. The largest absolute Gasteiger partial charge is 0.483 e. The quantitative estimate of drug-likeness (QED) is 0.861. The molecule has 1 aliphatic heterocycles. The molecule has 0 bridgehead atoms. The normalized spacial score (nSPS) is 17.3. The number of ether oxygens (including phenoxy) is 1. The fraction of sp³-hybridized carbons (Fsp3) is 0.455. The first kappa shape index (κ1) is 19.2.